The predicted molar refractivity (Wildman–Crippen MR) is 57.4 cm³/mol. The highest BCUT2D eigenvalue weighted by molar-refractivity contribution is 5.89. The Morgan fingerprint density at radius 2 is 2.00 bits per heavy atom. The van der Waals surface area contributed by atoms with Gasteiger partial charge in [-0.15, -0.1) is 0 Å². The van der Waals surface area contributed by atoms with Gasteiger partial charge in [0.1, 0.15) is 5.78 Å². The zero-order valence-electron chi connectivity index (χ0n) is 9.96. The minimum Gasteiger partial charge on any atom is -0.331 e. The summed E-state index contributed by atoms with van der Waals surface area (Å²) >= 11 is 0. The van der Waals surface area contributed by atoms with Gasteiger partial charge in [0.25, 0.3) is 0 Å². The summed E-state index contributed by atoms with van der Waals surface area (Å²) in [6.07, 6.45) is 2.44. The molecule has 2 aliphatic heterocycles. The molecule has 0 aromatic rings. The molecule has 2 bridgehead atoms. The van der Waals surface area contributed by atoms with Crippen molar-refractivity contribution >= 4 is 11.7 Å². The third-order valence-electron chi connectivity index (χ3n) is 4.20. The van der Waals surface area contributed by atoms with Crippen molar-refractivity contribution in [1.82, 2.24) is 4.90 Å². The van der Waals surface area contributed by atoms with E-state index in [-0.39, 0.29) is 22.9 Å². The van der Waals surface area contributed by atoms with Crippen LogP contribution < -0.4 is 0 Å². The van der Waals surface area contributed by atoms with Crippen LogP contribution in [0.15, 0.2) is 0 Å². The molecule has 0 spiro atoms. The number of ketones is 1. The van der Waals surface area contributed by atoms with Crippen molar-refractivity contribution in [2.45, 2.75) is 58.0 Å². The van der Waals surface area contributed by atoms with Gasteiger partial charge in [-0.3, -0.25) is 9.59 Å². The minimum atomic E-state index is -0.297. The molecule has 2 heterocycles. The molecular formula is C12H19NO2. The van der Waals surface area contributed by atoms with Crippen molar-refractivity contribution in [2.75, 3.05) is 0 Å². The highest BCUT2D eigenvalue weighted by atomic mass is 16.2. The summed E-state index contributed by atoms with van der Waals surface area (Å²) < 4.78 is 0. The molecule has 0 aromatic heterocycles. The first-order valence-corrected chi connectivity index (χ1v) is 5.63. The maximum absolute atomic E-state index is 11.9. The first kappa shape index (κ1) is 10.7. The van der Waals surface area contributed by atoms with Crippen LogP contribution in [0.1, 0.15) is 47.0 Å². The third kappa shape index (κ3) is 1.25. The molecule has 3 aliphatic rings. The number of carbonyl (C=O) groups excluding carboxylic acids is 2. The van der Waals surface area contributed by atoms with Gasteiger partial charge in [0.15, 0.2) is 0 Å². The van der Waals surface area contributed by atoms with Crippen molar-refractivity contribution in [3.8, 4) is 0 Å². The van der Waals surface area contributed by atoms with E-state index in [9.17, 15) is 9.59 Å². The van der Waals surface area contributed by atoms with Crippen molar-refractivity contribution in [3.63, 3.8) is 0 Å². The van der Waals surface area contributed by atoms with Crippen molar-refractivity contribution in [1.29, 1.82) is 0 Å². The molecule has 3 fully saturated rings. The lowest BCUT2D eigenvalue weighted by atomic mass is 9.62. The van der Waals surface area contributed by atoms with Crippen LogP contribution in [0.5, 0.6) is 0 Å². The van der Waals surface area contributed by atoms with Crippen LogP contribution in [-0.2, 0) is 9.59 Å². The smallest absolute Gasteiger partial charge is 0.220 e. The average Bonchev–Trinajstić information content (AvgIpc) is 1.98. The Balaban J connectivity index is 2.48. The van der Waals surface area contributed by atoms with E-state index in [2.05, 4.69) is 0 Å². The zero-order valence-corrected chi connectivity index (χ0v) is 9.96. The normalized spacial score (nSPS) is 38.3. The molecule has 0 radical (unpaired) electrons. The minimum absolute atomic E-state index is 0.0447. The van der Waals surface area contributed by atoms with E-state index in [0.717, 1.165) is 12.8 Å². The number of carbonyl (C=O) groups is 2. The Hall–Kier alpha value is -0.860. The van der Waals surface area contributed by atoms with E-state index in [0.29, 0.717) is 12.2 Å². The van der Waals surface area contributed by atoms with E-state index in [1.807, 2.05) is 25.7 Å². The highest BCUT2D eigenvalue weighted by Gasteiger charge is 2.58. The molecule has 3 heteroatoms. The van der Waals surface area contributed by atoms with E-state index in [4.69, 9.17) is 0 Å². The number of nitrogens with zero attached hydrogens (tertiary/aromatic N) is 1. The first-order valence-electron chi connectivity index (χ1n) is 5.63. The molecule has 2 atom stereocenters. The van der Waals surface area contributed by atoms with Gasteiger partial charge in [-0.05, 0) is 33.6 Å². The SMILES string of the molecule is CC(=O)N1C2(C)CCC(C(=O)C2)C1(C)C. The first-order chi connectivity index (χ1) is 6.79. The van der Waals surface area contributed by atoms with Crippen LogP contribution >= 0.6 is 0 Å². The van der Waals surface area contributed by atoms with E-state index >= 15 is 0 Å². The number of hydrogen-bond donors (Lipinski definition) is 0. The quantitative estimate of drug-likeness (QED) is 0.609. The molecule has 0 N–H and O–H groups in total. The molecule has 1 aliphatic carbocycles. The van der Waals surface area contributed by atoms with Gasteiger partial charge in [-0.1, -0.05) is 0 Å². The summed E-state index contributed by atoms with van der Waals surface area (Å²) in [6.45, 7) is 7.70. The third-order valence-corrected chi connectivity index (χ3v) is 4.20. The molecular weight excluding hydrogens is 190 g/mol. The molecule has 15 heavy (non-hydrogen) atoms. The van der Waals surface area contributed by atoms with Crippen LogP contribution in [0.2, 0.25) is 0 Å². The van der Waals surface area contributed by atoms with Crippen LogP contribution in [0.3, 0.4) is 0 Å². The Morgan fingerprint density at radius 3 is 2.40 bits per heavy atom. The van der Waals surface area contributed by atoms with Gasteiger partial charge in [0, 0.05) is 30.3 Å². The zero-order chi connectivity index (χ0) is 11.4. The maximum Gasteiger partial charge on any atom is 0.220 e. The summed E-state index contributed by atoms with van der Waals surface area (Å²) in [5.74, 6) is 0.481. The van der Waals surface area contributed by atoms with Gasteiger partial charge in [0.05, 0.1) is 0 Å². The van der Waals surface area contributed by atoms with Crippen molar-refractivity contribution < 1.29 is 9.59 Å². The average molecular weight is 209 g/mol. The number of Topliss-reactive ketones (excluding diaryl/α,β-unsaturated/α-hetero) is 1. The fraction of sp³-hybridized carbons (Fsp3) is 0.833. The molecule has 2 saturated heterocycles. The van der Waals surface area contributed by atoms with Gasteiger partial charge >= 0.3 is 0 Å². The molecule has 3 nitrogen and oxygen atoms in total. The van der Waals surface area contributed by atoms with Crippen molar-refractivity contribution in [3.05, 3.63) is 0 Å². The van der Waals surface area contributed by atoms with Gasteiger partial charge < -0.3 is 4.90 Å². The molecule has 0 aromatic carbocycles. The Kier molecular flexibility index (Phi) is 2.01. The van der Waals surface area contributed by atoms with Gasteiger partial charge in [-0.25, -0.2) is 0 Å². The van der Waals surface area contributed by atoms with Crippen LogP contribution in [0.4, 0.5) is 0 Å². The monoisotopic (exact) mass is 209 g/mol. The number of piperidine rings is 2. The second-order valence-electron chi connectivity index (χ2n) is 5.74. The van der Waals surface area contributed by atoms with Crippen LogP contribution in [-0.4, -0.2) is 27.7 Å². The molecule has 84 valence electrons. The van der Waals surface area contributed by atoms with E-state index < -0.39 is 0 Å². The summed E-state index contributed by atoms with van der Waals surface area (Å²) in [4.78, 5) is 25.6. The Labute approximate surface area is 90.8 Å². The number of fused-ring (bicyclic) bond motifs is 3. The summed E-state index contributed by atoms with van der Waals surface area (Å²) in [7, 11) is 0. The summed E-state index contributed by atoms with van der Waals surface area (Å²) in [6, 6.07) is 0. The Bertz CT molecular complexity index is 330. The van der Waals surface area contributed by atoms with Gasteiger partial charge in [0.2, 0.25) is 5.91 Å². The lowest BCUT2D eigenvalue weighted by Crippen LogP contribution is -2.71. The van der Waals surface area contributed by atoms with E-state index in [1.54, 1.807) is 6.92 Å². The largest absolute Gasteiger partial charge is 0.331 e. The van der Waals surface area contributed by atoms with E-state index in [1.165, 1.54) is 0 Å². The fourth-order valence-corrected chi connectivity index (χ4v) is 3.78. The number of rotatable bonds is 0. The van der Waals surface area contributed by atoms with Crippen LogP contribution in [0, 0.1) is 5.92 Å². The number of amides is 1. The second kappa shape index (κ2) is 2.83. The van der Waals surface area contributed by atoms with Crippen molar-refractivity contribution in [2.24, 2.45) is 5.92 Å². The Morgan fingerprint density at radius 1 is 1.40 bits per heavy atom. The molecule has 2 unspecified atom stereocenters. The molecule has 3 rings (SSSR count). The topological polar surface area (TPSA) is 37.4 Å². The fourth-order valence-electron chi connectivity index (χ4n) is 3.78. The maximum atomic E-state index is 11.9. The number of hydrogen-bond acceptors (Lipinski definition) is 2. The lowest BCUT2D eigenvalue weighted by molar-refractivity contribution is -0.171. The summed E-state index contributed by atoms with van der Waals surface area (Å²) in [5, 5.41) is 0. The predicted octanol–water partition coefficient (Wildman–Crippen LogP) is 1.76. The second-order valence-corrected chi connectivity index (χ2v) is 5.74. The lowest BCUT2D eigenvalue weighted by Gasteiger charge is -2.61. The standard InChI is InChI=1S/C12H19NO2/c1-8(14)13-11(2,3)9-5-6-12(13,4)7-10(9)15/h9H,5-7H2,1-4H3. The highest BCUT2D eigenvalue weighted by Crippen LogP contribution is 2.49. The van der Waals surface area contributed by atoms with Crippen LogP contribution in [0.25, 0.3) is 0 Å². The van der Waals surface area contributed by atoms with Gasteiger partial charge in [-0.2, -0.15) is 0 Å². The summed E-state index contributed by atoms with van der Waals surface area (Å²) in [5.41, 5.74) is -0.532. The molecule has 1 saturated carbocycles. The molecule has 1 amide bonds.